The van der Waals surface area contributed by atoms with E-state index in [4.69, 9.17) is 9.47 Å². The summed E-state index contributed by atoms with van der Waals surface area (Å²) in [7, 11) is 0. The molecule has 0 fully saturated rings. The van der Waals surface area contributed by atoms with Crippen LogP contribution in [-0.4, -0.2) is 12.5 Å². The van der Waals surface area contributed by atoms with Crippen LogP contribution in [0, 0.1) is 5.82 Å². The van der Waals surface area contributed by atoms with E-state index in [9.17, 15) is 9.18 Å². The predicted octanol–water partition coefficient (Wildman–Crippen LogP) is 4.31. The van der Waals surface area contributed by atoms with Gasteiger partial charge in [-0.3, -0.25) is 4.79 Å². The molecule has 4 nitrogen and oxygen atoms in total. The van der Waals surface area contributed by atoms with Gasteiger partial charge >= 0.3 is 0 Å². The van der Waals surface area contributed by atoms with E-state index in [1.165, 1.54) is 12.1 Å². The van der Waals surface area contributed by atoms with Gasteiger partial charge in [0.25, 0.3) is 5.91 Å². The minimum atomic E-state index is -0.494. The summed E-state index contributed by atoms with van der Waals surface area (Å²) in [6.07, 6.45) is 0. The smallest absolute Gasteiger partial charge is 0.258 e. The number of carbonyl (C=O) groups is 1. The highest BCUT2D eigenvalue weighted by atomic mass is 19.1. The zero-order valence-electron chi connectivity index (χ0n) is 14.0. The van der Waals surface area contributed by atoms with E-state index in [2.05, 4.69) is 5.32 Å². The van der Waals surface area contributed by atoms with Crippen molar-refractivity contribution in [1.29, 1.82) is 0 Å². The molecule has 0 bridgehead atoms. The van der Waals surface area contributed by atoms with Crippen molar-refractivity contribution in [2.24, 2.45) is 0 Å². The van der Waals surface area contributed by atoms with Crippen molar-refractivity contribution >= 4 is 5.91 Å². The van der Waals surface area contributed by atoms with Gasteiger partial charge in [-0.05, 0) is 42.0 Å². The van der Waals surface area contributed by atoms with Gasteiger partial charge in [-0.1, -0.05) is 42.5 Å². The van der Waals surface area contributed by atoms with Crippen LogP contribution in [0.2, 0.25) is 0 Å². The summed E-state index contributed by atoms with van der Waals surface area (Å²) < 4.78 is 24.4. The van der Waals surface area contributed by atoms with Crippen LogP contribution in [-0.2, 0) is 11.3 Å². The molecule has 0 aromatic heterocycles. The Morgan fingerprint density at radius 2 is 1.62 bits per heavy atom. The number of hydrogen-bond donors (Lipinski definition) is 1. The largest absolute Gasteiger partial charge is 0.481 e. The van der Waals surface area contributed by atoms with Crippen LogP contribution < -0.4 is 14.8 Å². The van der Waals surface area contributed by atoms with Crippen LogP contribution >= 0.6 is 0 Å². The Balaban J connectivity index is 1.50. The summed E-state index contributed by atoms with van der Waals surface area (Å²) in [5.41, 5.74) is 0.887. The molecule has 132 valence electrons. The van der Waals surface area contributed by atoms with Crippen molar-refractivity contribution in [3.63, 3.8) is 0 Å². The maximum absolute atomic E-state index is 13.4. The van der Waals surface area contributed by atoms with Gasteiger partial charge < -0.3 is 14.8 Å². The molecule has 26 heavy (non-hydrogen) atoms. The Morgan fingerprint density at radius 3 is 2.42 bits per heavy atom. The molecule has 0 aliphatic rings. The molecule has 0 radical (unpaired) electrons. The maximum atomic E-state index is 13.4. The summed E-state index contributed by atoms with van der Waals surface area (Å²) in [6, 6.07) is 22.9. The van der Waals surface area contributed by atoms with Gasteiger partial charge in [0.15, 0.2) is 18.2 Å². The lowest BCUT2D eigenvalue weighted by atomic mass is 10.2. The van der Waals surface area contributed by atoms with Gasteiger partial charge in [-0.2, -0.15) is 0 Å². The Labute approximate surface area is 151 Å². The van der Waals surface area contributed by atoms with Crippen molar-refractivity contribution in [2.75, 3.05) is 6.61 Å². The first kappa shape index (κ1) is 17.5. The van der Waals surface area contributed by atoms with Crippen molar-refractivity contribution in [1.82, 2.24) is 5.32 Å². The maximum Gasteiger partial charge on any atom is 0.258 e. The average molecular weight is 351 g/mol. The summed E-state index contributed by atoms with van der Waals surface area (Å²) in [4.78, 5) is 11.9. The lowest BCUT2D eigenvalue weighted by Gasteiger charge is -2.10. The number of carbonyl (C=O) groups excluding carboxylic acids is 1. The van der Waals surface area contributed by atoms with Crippen LogP contribution in [0.1, 0.15) is 5.56 Å². The Kier molecular flexibility index (Phi) is 5.83. The fourth-order valence-corrected chi connectivity index (χ4v) is 2.30. The standard InChI is InChI=1S/C21H18FNO3/c22-19-11-4-5-12-20(19)25-15-21(24)23-14-16-7-6-10-18(13-16)26-17-8-2-1-3-9-17/h1-13H,14-15H2,(H,23,24). The van der Waals surface area contributed by atoms with Crippen molar-refractivity contribution in [2.45, 2.75) is 6.54 Å². The minimum Gasteiger partial charge on any atom is -0.481 e. The number of hydrogen-bond acceptors (Lipinski definition) is 3. The number of ether oxygens (including phenoxy) is 2. The van der Waals surface area contributed by atoms with E-state index in [-0.39, 0.29) is 18.3 Å². The van der Waals surface area contributed by atoms with E-state index in [0.717, 1.165) is 11.3 Å². The molecule has 0 unspecified atom stereocenters. The molecule has 0 heterocycles. The zero-order chi connectivity index (χ0) is 18.2. The van der Waals surface area contributed by atoms with E-state index in [1.807, 2.05) is 54.6 Å². The van der Waals surface area contributed by atoms with Gasteiger partial charge in [0.05, 0.1) is 0 Å². The Morgan fingerprint density at radius 1 is 0.885 bits per heavy atom. The molecular weight excluding hydrogens is 333 g/mol. The minimum absolute atomic E-state index is 0.0564. The average Bonchev–Trinajstić information content (AvgIpc) is 2.67. The number of nitrogens with one attached hydrogen (secondary N) is 1. The molecule has 0 aliphatic heterocycles. The second-order valence-electron chi connectivity index (χ2n) is 5.56. The number of benzene rings is 3. The van der Waals surface area contributed by atoms with Crippen molar-refractivity contribution in [3.8, 4) is 17.2 Å². The molecule has 3 aromatic carbocycles. The van der Waals surface area contributed by atoms with E-state index in [1.54, 1.807) is 12.1 Å². The van der Waals surface area contributed by atoms with Gasteiger partial charge in [0.1, 0.15) is 11.5 Å². The zero-order valence-corrected chi connectivity index (χ0v) is 14.0. The molecule has 3 rings (SSSR count). The summed E-state index contributed by atoms with van der Waals surface area (Å²) >= 11 is 0. The second kappa shape index (κ2) is 8.67. The molecule has 1 amide bonds. The lowest BCUT2D eigenvalue weighted by Crippen LogP contribution is -2.28. The summed E-state index contributed by atoms with van der Waals surface area (Å²) in [5.74, 6) is 0.659. The molecular formula is C21H18FNO3. The van der Waals surface area contributed by atoms with Crippen molar-refractivity contribution in [3.05, 3.63) is 90.2 Å². The fraction of sp³-hybridized carbons (Fsp3) is 0.0952. The number of amides is 1. The molecule has 0 atom stereocenters. The third-order valence-electron chi connectivity index (χ3n) is 3.56. The monoisotopic (exact) mass is 351 g/mol. The molecule has 3 aromatic rings. The highest BCUT2D eigenvalue weighted by Crippen LogP contribution is 2.21. The Bertz CT molecular complexity index is 868. The SMILES string of the molecule is O=C(COc1ccccc1F)NCc1cccc(Oc2ccccc2)c1. The van der Waals surface area contributed by atoms with Gasteiger partial charge in [0, 0.05) is 6.54 Å². The number of rotatable bonds is 7. The lowest BCUT2D eigenvalue weighted by molar-refractivity contribution is -0.123. The summed E-state index contributed by atoms with van der Waals surface area (Å²) in [5, 5.41) is 2.74. The van der Waals surface area contributed by atoms with Gasteiger partial charge in [-0.25, -0.2) is 4.39 Å². The van der Waals surface area contributed by atoms with Crippen LogP contribution in [0.4, 0.5) is 4.39 Å². The first-order valence-electron chi connectivity index (χ1n) is 8.16. The van der Waals surface area contributed by atoms with Crippen LogP contribution in [0.15, 0.2) is 78.9 Å². The first-order valence-corrected chi connectivity index (χ1v) is 8.16. The molecule has 1 N–H and O–H groups in total. The van der Waals surface area contributed by atoms with Crippen LogP contribution in [0.25, 0.3) is 0 Å². The highest BCUT2D eigenvalue weighted by Gasteiger charge is 2.06. The highest BCUT2D eigenvalue weighted by molar-refractivity contribution is 5.77. The van der Waals surface area contributed by atoms with Gasteiger partial charge in [0.2, 0.25) is 0 Å². The van der Waals surface area contributed by atoms with Gasteiger partial charge in [-0.15, -0.1) is 0 Å². The summed E-state index contributed by atoms with van der Waals surface area (Å²) in [6.45, 7) is 0.0760. The second-order valence-corrected chi connectivity index (χ2v) is 5.56. The van der Waals surface area contributed by atoms with Crippen LogP contribution in [0.5, 0.6) is 17.2 Å². The third-order valence-corrected chi connectivity index (χ3v) is 3.56. The molecule has 5 heteroatoms. The van der Waals surface area contributed by atoms with E-state index >= 15 is 0 Å². The van der Waals surface area contributed by atoms with Crippen molar-refractivity contribution < 1.29 is 18.7 Å². The van der Waals surface area contributed by atoms with E-state index < -0.39 is 5.82 Å². The fourth-order valence-electron chi connectivity index (χ4n) is 2.30. The normalized spacial score (nSPS) is 10.2. The first-order chi connectivity index (χ1) is 12.7. The molecule has 0 aliphatic carbocycles. The predicted molar refractivity (Wildman–Crippen MR) is 96.7 cm³/mol. The Hall–Kier alpha value is -3.34. The van der Waals surface area contributed by atoms with Crippen LogP contribution in [0.3, 0.4) is 0 Å². The number of para-hydroxylation sites is 2. The third kappa shape index (κ3) is 5.08. The molecule has 0 saturated heterocycles. The molecule has 0 spiro atoms. The van der Waals surface area contributed by atoms with E-state index in [0.29, 0.717) is 12.3 Å². The topological polar surface area (TPSA) is 47.6 Å². The number of halogens is 1. The molecule has 0 saturated carbocycles. The quantitative estimate of drug-likeness (QED) is 0.690.